The molecule has 0 spiro atoms. The zero-order valence-corrected chi connectivity index (χ0v) is 32.6. The number of aliphatic hydroxyl groups excluding tert-OH is 3. The second-order valence-corrected chi connectivity index (χ2v) is 14.5. The van der Waals surface area contributed by atoms with Crippen molar-refractivity contribution in [2.75, 3.05) is 6.61 Å². The maximum absolute atomic E-state index is 12.4. The van der Waals surface area contributed by atoms with Gasteiger partial charge in [0.15, 0.2) is 0 Å². The van der Waals surface area contributed by atoms with Crippen LogP contribution in [-0.2, 0) is 4.79 Å². The van der Waals surface area contributed by atoms with Gasteiger partial charge in [-0.3, -0.25) is 4.79 Å². The number of carbonyl (C=O) groups is 1. The smallest absolute Gasteiger partial charge is 0.249 e. The van der Waals surface area contributed by atoms with Crippen LogP contribution in [0.4, 0.5) is 0 Å². The Morgan fingerprint density at radius 1 is 0.531 bits per heavy atom. The zero-order valence-electron chi connectivity index (χ0n) is 32.6. The first kappa shape index (κ1) is 47.6. The number of aliphatic hydroxyl groups is 3. The van der Waals surface area contributed by atoms with E-state index < -0.39 is 24.2 Å². The molecule has 288 valence electrons. The second-order valence-electron chi connectivity index (χ2n) is 14.5. The minimum atomic E-state index is -1.10. The molecular weight excluding hydrogens is 606 g/mol. The van der Waals surface area contributed by atoms with Gasteiger partial charge in [0.1, 0.15) is 6.10 Å². The average Bonchev–Trinajstić information content (AvgIpc) is 3.11. The van der Waals surface area contributed by atoms with Gasteiger partial charge in [-0.25, -0.2) is 0 Å². The number of allylic oxidation sites excluding steroid dienone is 5. The lowest BCUT2D eigenvalue weighted by molar-refractivity contribution is -0.131. The SMILES string of the molecule is CC/C=C\C/C=C\CCCCCCCCCCCCCCCC(O)C(=O)NC(CO)C(O)/C=C/CCCCCCCCCCCCCCC. The highest BCUT2D eigenvalue weighted by Crippen LogP contribution is 2.15. The van der Waals surface area contributed by atoms with Crippen LogP contribution < -0.4 is 5.32 Å². The van der Waals surface area contributed by atoms with E-state index in [2.05, 4.69) is 43.5 Å². The molecule has 0 saturated heterocycles. The molecular formula is C44H83NO4. The molecule has 0 heterocycles. The summed E-state index contributed by atoms with van der Waals surface area (Å²) in [5, 5.41) is 33.1. The molecule has 3 atom stereocenters. The van der Waals surface area contributed by atoms with Gasteiger partial charge in [-0.15, -0.1) is 0 Å². The highest BCUT2D eigenvalue weighted by Gasteiger charge is 2.22. The number of rotatable bonds is 38. The first-order chi connectivity index (χ1) is 24.1. The fraction of sp³-hybridized carbons (Fsp3) is 0.841. The predicted octanol–water partition coefficient (Wildman–Crippen LogP) is 12.0. The lowest BCUT2D eigenvalue weighted by Crippen LogP contribution is -2.48. The summed E-state index contributed by atoms with van der Waals surface area (Å²) >= 11 is 0. The van der Waals surface area contributed by atoms with Crippen molar-refractivity contribution >= 4 is 5.91 Å². The normalized spacial score (nSPS) is 14.0. The van der Waals surface area contributed by atoms with Crippen LogP contribution in [0.1, 0.15) is 213 Å². The lowest BCUT2D eigenvalue weighted by atomic mass is 10.0. The Morgan fingerprint density at radius 3 is 1.39 bits per heavy atom. The number of hydrogen-bond donors (Lipinski definition) is 4. The Hall–Kier alpha value is -1.43. The highest BCUT2D eigenvalue weighted by atomic mass is 16.3. The van der Waals surface area contributed by atoms with Gasteiger partial charge in [0, 0.05) is 0 Å². The Labute approximate surface area is 304 Å². The first-order valence-electron chi connectivity index (χ1n) is 21.3. The summed E-state index contributed by atoms with van der Waals surface area (Å²) in [6.45, 7) is 4.08. The third kappa shape index (κ3) is 34.8. The van der Waals surface area contributed by atoms with Gasteiger partial charge in [0.05, 0.1) is 18.8 Å². The molecule has 0 radical (unpaired) electrons. The van der Waals surface area contributed by atoms with E-state index in [9.17, 15) is 20.1 Å². The lowest BCUT2D eigenvalue weighted by Gasteiger charge is -2.21. The van der Waals surface area contributed by atoms with Crippen molar-refractivity contribution in [1.82, 2.24) is 5.32 Å². The van der Waals surface area contributed by atoms with Crippen molar-refractivity contribution < 1.29 is 20.1 Å². The van der Waals surface area contributed by atoms with E-state index in [4.69, 9.17) is 0 Å². The van der Waals surface area contributed by atoms with E-state index in [1.807, 2.05) is 6.08 Å². The third-order valence-corrected chi connectivity index (χ3v) is 9.74. The summed E-state index contributed by atoms with van der Waals surface area (Å²) in [7, 11) is 0. The van der Waals surface area contributed by atoms with Gasteiger partial charge in [-0.2, -0.15) is 0 Å². The van der Waals surface area contributed by atoms with Crippen LogP contribution >= 0.6 is 0 Å². The van der Waals surface area contributed by atoms with Gasteiger partial charge < -0.3 is 20.6 Å². The molecule has 0 fully saturated rings. The van der Waals surface area contributed by atoms with Crippen LogP contribution in [-0.4, -0.2) is 46.1 Å². The van der Waals surface area contributed by atoms with Crippen molar-refractivity contribution in [2.24, 2.45) is 0 Å². The molecule has 4 N–H and O–H groups in total. The van der Waals surface area contributed by atoms with Gasteiger partial charge in [0.2, 0.25) is 5.91 Å². The largest absolute Gasteiger partial charge is 0.394 e. The minimum absolute atomic E-state index is 0.363. The van der Waals surface area contributed by atoms with Crippen molar-refractivity contribution in [3.05, 3.63) is 36.5 Å². The standard InChI is InChI=1S/C44H83NO4/c1-3-5-7-9-11-13-15-17-19-20-21-22-23-25-27-29-31-33-35-37-39-43(48)44(49)45-41(40-46)42(47)38-36-34-32-30-28-26-24-18-16-14-12-10-8-6-4-2/h5,7,11,13,36,38,41-43,46-48H,3-4,6,8-10,12,14-35,37,39-40H2,1-2H3,(H,45,49)/b7-5-,13-11-,38-36+. The van der Waals surface area contributed by atoms with Gasteiger partial charge in [-0.1, -0.05) is 204 Å². The Morgan fingerprint density at radius 2 is 0.939 bits per heavy atom. The molecule has 5 heteroatoms. The molecule has 0 aliphatic carbocycles. The summed E-state index contributed by atoms with van der Waals surface area (Å²) in [4.78, 5) is 12.4. The number of carbonyl (C=O) groups excluding carboxylic acids is 1. The van der Waals surface area contributed by atoms with Crippen molar-refractivity contribution in [1.29, 1.82) is 0 Å². The maximum atomic E-state index is 12.4. The van der Waals surface area contributed by atoms with Crippen LogP contribution in [0.25, 0.3) is 0 Å². The summed E-state index contributed by atoms with van der Waals surface area (Å²) in [5.74, 6) is -0.504. The van der Waals surface area contributed by atoms with Crippen LogP contribution in [0.3, 0.4) is 0 Å². The van der Waals surface area contributed by atoms with E-state index >= 15 is 0 Å². The molecule has 0 aromatic carbocycles. The molecule has 0 rings (SSSR count). The van der Waals surface area contributed by atoms with Crippen molar-refractivity contribution in [3.63, 3.8) is 0 Å². The minimum Gasteiger partial charge on any atom is -0.394 e. The summed E-state index contributed by atoms with van der Waals surface area (Å²) in [6.07, 6.45) is 48.8. The number of hydrogen-bond acceptors (Lipinski definition) is 4. The quantitative estimate of drug-likeness (QED) is 0.0384. The van der Waals surface area contributed by atoms with E-state index in [0.717, 1.165) is 44.9 Å². The van der Waals surface area contributed by atoms with Crippen molar-refractivity contribution in [3.8, 4) is 0 Å². The molecule has 5 nitrogen and oxygen atoms in total. The zero-order chi connectivity index (χ0) is 35.9. The van der Waals surface area contributed by atoms with Crippen LogP contribution in [0.15, 0.2) is 36.5 Å². The fourth-order valence-electron chi connectivity index (χ4n) is 6.40. The molecule has 1 amide bonds. The van der Waals surface area contributed by atoms with Crippen LogP contribution in [0.5, 0.6) is 0 Å². The molecule has 0 aromatic heterocycles. The number of amides is 1. The molecule has 0 saturated carbocycles. The number of unbranched alkanes of at least 4 members (excludes halogenated alkanes) is 26. The summed E-state index contributed by atoms with van der Waals surface area (Å²) < 4.78 is 0. The van der Waals surface area contributed by atoms with E-state index in [1.54, 1.807) is 6.08 Å². The van der Waals surface area contributed by atoms with Gasteiger partial charge >= 0.3 is 0 Å². The van der Waals surface area contributed by atoms with Crippen LogP contribution in [0.2, 0.25) is 0 Å². The molecule has 0 aliphatic heterocycles. The highest BCUT2D eigenvalue weighted by molar-refractivity contribution is 5.80. The Kier molecular flexibility index (Phi) is 38.2. The van der Waals surface area contributed by atoms with E-state index in [1.165, 1.54) is 148 Å². The molecule has 0 aromatic rings. The fourth-order valence-corrected chi connectivity index (χ4v) is 6.40. The van der Waals surface area contributed by atoms with Gasteiger partial charge in [0.25, 0.3) is 0 Å². The van der Waals surface area contributed by atoms with E-state index in [0.29, 0.717) is 6.42 Å². The molecule has 0 aliphatic rings. The van der Waals surface area contributed by atoms with E-state index in [-0.39, 0.29) is 6.61 Å². The summed E-state index contributed by atoms with van der Waals surface area (Å²) in [5.41, 5.74) is 0. The topological polar surface area (TPSA) is 89.8 Å². The Bertz CT molecular complexity index is 764. The van der Waals surface area contributed by atoms with Gasteiger partial charge in [-0.05, 0) is 44.9 Å². The predicted molar refractivity (Wildman–Crippen MR) is 213 cm³/mol. The first-order valence-corrected chi connectivity index (χ1v) is 21.3. The third-order valence-electron chi connectivity index (χ3n) is 9.74. The Balaban J connectivity index is 3.66. The van der Waals surface area contributed by atoms with Crippen LogP contribution in [0, 0.1) is 0 Å². The molecule has 49 heavy (non-hydrogen) atoms. The maximum Gasteiger partial charge on any atom is 0.249 e. The average molecular weight is 690 g/mol. The monoisotopic (exact) mass is 690 g/mol. The van der Waals surface area contributed by atoms with Crippen molar-refractivity contribution in [2.45, 2.75) is 231 Å². The number of nitrogens with one attached hydrogen (secondary N) is 1. The molecule has 0 bridgehead atoms. The summed E-state index contributed by atoms with van der Waals surface area (Å²) in [6, 6.07) is -0.796. The second kappa shape index (κ2) is 39.4. The molecule has 3 unspecified atom stereocenters.